The van der Waals surface area contributed by atoms with Crippen molar-refractivity contribution < 1.29 is 0 Å². The molecule has 0 aliphatic heterocycles. The van der Waals surface area contributed by atoms with Gasteiger partial charge in [-0.25, -0.2) is 9.97 Å². The van der Waals surface area contributed by atoms with E-state index in [4.69, 9.17) is 5.73 Å². The number of hydrogen-bond acceptors (Lipinski definition) is 5. The Kier molecular flexibility index (Phi) is 4.51. The Morgan fingerprint density at radius 2 is 1.72 bits per heavy atom. The summed E-state index contributed by atoms with van der Waals surface area (Å²) in [6, 6.07) is 1.91. The summed E-state index contributed by atoms with van der Waals surface area (Å²) in [7, 11) is 0. The van der Waals surface area contributed by atoms with Crippen LogP contribution in [0.3, 0.4) is 0 Å². The molecule has 0 aliphatic carbocycles. The van der Waals surface area contributed by atoms with Gasteiger partial charge < -0.3 is 16.4 Å². The normalized spacial score (nSPS) is 12.3. The van der Waals surface area contributed by atoms with E-state index in [0.29, 0.717) is 0 Å². The number of nitrogens with zero attached hydrogens (tertiary/aromatic N) is 2. The summed E-state index contributed by atoms with van der Waals surface area (Å²) in [5, 5.41) is 6.57. The topological polar surface area (TPSA) is 75.9 Å². The molecule has 5 heteroatoms. The number of rotatable bonds is 5. The molecule has 0 aliphatic rings. The van der Waals surface area contributed by atoms with Crippen molar-refractivity contribution in [3.8, 4) is 0 Å². The molecule has 102 valence electrons. The number of nitrogens with one attached hydrogen (secondary N) is 2. The first-order valence-corrected chi connectivity index (χ1v) is 6.29. The smallest absolute Gasteiger partial charge is 0.131 e. The second-order valence-electron chi connectivity index (χ2n) is 6.33. The zero-order valence-corrected chi connectivity index (χ0v) is 12.0. The summed E-state index contributed by atoms with van der Waals surface area (Å²) < 4.78 is 0. The molecule has 1 rings (SSSR count). The van der Waals surface area contributed by atoms with E-state index >= 15 is 0 Å². The molecule has 1 aromatic heterocycles. The van der Waals surface area contributed by atoms with E-state index in [-0.39, 0.29) is 11.1 Å². The van der Waals surface area contributed by atoms with Gasteiger partial charge in [0.05, 0.1) is 0 Å². The van der Waals surface area contributed by atoms with Crippen LogP contribution in [0, 0.1) is 0 Å². The van der Waals surface area contributed by atoms with E-state index in [9.17, 15) is 0 Å². The van der Waals surface area contributed by atoms with Gasteiger partial charge in [0.1, 0.15) is 18.0 Å². The third kappa shape index (κ3) is 6.39. The SMILES string of the molecule is CC(C)(N)CCNc1cc(NC(C)(C)C)ncn1. The highest BCUT2D eigenvalue weighted by Crippen LogP contribution is 2.14. The molecule has 0 fully saturated rings. The van der Waals surface area contributed by atoms with Gasteiger partial charge in [0.2, 0.25) is 0 Å². The van der Waals surface area contributed by atoms with Crippen LogP contribution in [0.4, 0.5) is 11.6 Å². The van der Waals surface area contributed by atoms with Gasteiger partial charge in [-0.05, 0) is 41.0 Å². The standard InChI is InChI=1S/C13H25N5/c1-12(2,3)18-11-8-10(16-9-17-11)15-7-6-13(4,5)14/h8-9H,6-7,14H2,1-5H3,(H2,15,16,17,18). The molecular weight excluding hydrogens is 226 g/mol. The van der Waals surface area contributed by atoms with Gasteiger partial charge in [-0.15, -0.1) is 0 Å². The van der Waals surface area contributed by atoms with Crippen LogP contribution in [0.2, 0.25) is 0 Å². The summed E-state index contributed by atoms with van der Waals surface area (Å²) in [6.07, 6.45) is 2.45. The fraction of sp³-hybridized carbons (Fsp3) is 0.692. The summed E-state index contributed by atoms with van der Waals surface area (Å²) in [6.45, 7) is 11.1. The third-order valence-corrected chi connectivity index (χ3v) is 2.25. The first-order chi connectivity index (χ1) is 8.16. The highest BCUT2D eigenvalue weighted by molar-refractivity contribution is 5.47. The minimum absolute atomic E-state index is 0.00905. The van der Waals surface area contributed by atoms with Crippen LogP contribution in [0.5, 0.6) is 0 Å². The van der Waals surface area contributed by atoms with E-state index < -0.39 is 0 Å². The average Bonchev–Trinajstić information content (AvgIpc) is 2.13. The predicted octanol–water partition coefficient (Wildman–Crippen LogP) is 2.23. The third-order valence-electron chi connectivity index (χ3n) is 2.25. The highest BCUT2D eigenvalue weighted by atomic mass is 15.1. The monoisotopic (exact) mass is 251 g/mol. The Balaban J connectivity index is 2.55. The van der Waals surface area contributed by atoms with E-state index in [1.807, 2.05) is 19.9 Å². The van der Waals surface area contributed by atoms with Crippen molar-refractivity contribution in [2.24, 2.45) is 5.73 Å². The van der Waals surface area contributed by atoms with Crippen molar-refractivity contribution in [2.75, 3.05) is 17.2 Å². The summed E-state index contributed by atoms with van der Waals surface area (Å²) in [5.41, 5.74) is 5.76. The maximum absolute atomic E-state index is 5.93. The second-order valence-corrected chi connectivity index (χ2v) is 6.33. The molecule has 0 saturated heterocycles. The Morgan fingerprint density at radius 3 is 2.28 bits per heavy atom. The molecule has 0 unspecified atom stereocenters. The Labute approximate surface area is 110 Å². The summed E-state index contributed by atoms with van der Waals surface area (Å²) in [4.78, 5) is 8.38. The van der Waals surface area contributed by atoms with Crippen LogP contribution in [0.1, 0.15) is 41.0 Å². The fourth-order valence-corrected chi connectivity index (χ4v) is 1.42. The fourth-order valence-electron chi connectivity index (χ4n) is 1.42. The average molecular weight is 251 g/mol. The molecule has 0 amide bonds. The molecule has 0 radical (unpaired) electrons. The van der Waals surface area contributed by atoms with Gasteiger partial charge in [-0.2, -0.15) is 0 Å². The molecular formula is C13H25N5. The van der Waals surface area contributed by atoms with Crippen molar-refractivity contribution in [2.45, 2.75) is 52.1 Å². The van der Waals surface area contributed by atoms with Crippen molar-refractivity contribution >= 4 is 11.6 Å². The van der Waals surface area contributed by atoms with Gasteiger partial charge in [0.25, 0.3) is 0 Å². The van der Waals surface area contributed by atoms with E-state index in [1.54, 1.807) is 6.33 Å². The van der Waals surface area contributed by atoms with Crippen molar-refractivity contribution in [1.29, 1.82) is 0 Å². The molecule has 0 atom stereocenters. The van der Waals surface area contributed by atoms with Crippen molar-refractivity contribution in [3.05, 3.63) is 12.4 Å². The van der Waals surface area contributed by atoms with E-state index in [0.717, 1.165) is 24.6 Å². The molecule has 0 saturated carbocycles. The maximum atomic E-state index is 5.93. The molecule has 5 nitrogen and oxygen atoms in total. The predicted molar refractivity (Wildman–Crippen MR) is 76.8 cm³/mol. The lowest BCUT2D eigenvalue weighted by atomic mass is 10.0. The Bertz CT molecular complexity index is 376. The number of nitrogens with two attached hydrogens (primary N) is 1. The highest BCUT2D eigenvalue weighted by Gasteiger charge is 2.12. The lowest BCUT2D eigenvalue weighted by Gasteiger charge is -2.21. The summed E-state index contributed by atoms with van der Waals surface area (Å²) >= 11 is 0. The second kappa shape index (κ2) is 5.52. The molecule has 0 spiro atoms. The van der Waals surface area contributed by atoms with Gasteiger partial charge >= 0.3 is 0 Å². The van der Waals surface area contributed by atoms with Crippen LogP contribution in [0.25, 0.3) is 0 Å². The molecule has 1 heterocycles. The minimum atomic E-state index is -0.160. The lowest BCUT2D eigenvalue weighted by Crippen LogP contribution is -2.34. The molecule has 18 heavy (non-hydrogen) atoms. The number of anilines is 2. The van der Waals surface area contributed by atoms with E-state index in [2.05, 4.69) is 41.4 Å². The first kappa shape index (κ1) is 14.7. The number of aromatic nitrogens is 2. The molecule has 0 aromatic carbocycles. The molecule has 1 aromatic rings. The largest absolute Gasteiger partial charge is 0.370 e. The van der Waals surface area contributed by atoms with Crippen molar-refractivity contribution in [3.63, 3.8) is 0 Å². The van der Waals surface area contributed by atoms with E-state index in [1.165, 1.54) is 0 Å². The first-order valence-electron chi connectivity index (χ1n) is 6.29. The van der Waals surface area contributed by atoms with Crippen LogP contribution in [0.15, 0.2) is 12.4 Å². The Morgan fingerprint density at radius 1 is 1.11 bits per heavy atom. The van der Waals surface area contributed by atoms with Crippen LogP contribution >= 0.6 is 0 Å². The van der Waals surface area contributed by atoms with Crippen LogP contribution in [-0.4, -0.2) is 27.6 Å². The lowest BCUT2D eigenvalue weighted by molar-refractivity contribution is 0.490. The zero-order chi connectivity index (χ0) is 13.8. The Hall–Kier alpha value is -1.36. The zero-order valence-electron chi connectivity index (χ0n) is 12.0. The number of hydrogen-bond donors (Lipinski definition) is 3. The van der Waals surface area contributed by atoms with Crippen molar-refractivity contribution in [1.82, 2.24) is 9.97 Å². The quantitative estimate of drug-likeness (QED) is 0.748. The van der Waals surface area contributed by atoms with Gasteiger partial charge in [-0.1, -0.05) is 0 Å². The minimum Gasteiger partial charge on any atom is -0.370 e. The maximum Gasteiger partial charge on any atom is 0.131 e. The molecule has 0 bridgehead atoms. The van der Waals surface area contributed by atoms with Crippen LogP contribution < -0.4 is 16.4 Å². The van der Waals surface area contributed by atoms with Gasteiger partial charge in [-0.3, -0.25) is 0 Å². The van der Waals surface area contributed by atoms with Gasteiger partial charge in [0, 0.05) is 23.7 Å². The van der Waals surface area contributed by atoms with Gasteiger partial charge in [0.15, 0.2) is 0 Å². The molecule has 4 N–H and O–H groups in total. The summed E-state index contributed by atoms with van der Waals surface area (Å²) in [5.74, 6) is 1.65. The van der Waals surface area contributed by atoms with Crippen LogP contribution in [-0.2, 0) is 0 Å².